The molecule has 1 aromatic carbocycles. The maximum absolute atomic E-state index is 12.4. The number of pyridine rings is 1. The molecule has 0 radical (unpaired) electrons. The first-order valence-electron chi connectivity index (χ1n) is 6.47. The SMILES string of the molecule is C.CC.FC(F)(F)c1ccc(CNc2ccc(Br)cn2)cc1. The lowest BCUT2D eigenvalue weighted by molar-refractivity contribution is -0.137. The number of benzene rings is 1. The average Bonchev–Trinajstić information content (AvgIpc) is 2.48. The van der Waals surface area contributed by atoms with E-state index in [4.69, 9.17) is 0 Å². The molecule has 0 aliphatic carbocycles. The van der Waals surface area contributed by atoms with Crippen molar-refractivity contribution < 1.29 is 13.2 Å². The molecule has 2 aromatic rings. The molecule has 0 atom stereocenters. The largest absolute Gasteiger partial charge is 0.416 e. The van der Waals surface area contributed by atoms with Crippen LogP contribution in [0.4, 0.5) is 19.0 Å². The van der Waals surface area contributed by atoms with Crippen molar-refractivity contribution in [2.45, 2.75) is 34.0 Å². The van der Waals surface area contributed by atoms with Gasteiger partial charge >= 0.3 is 6.18 Å². The molecular weight excluding hydrogens is 357 g/mol. The summed E-state index contributed by atoms with van der Waals surface area (Å²) in [5, 5.41) is 3.03. The quantitative estimate of drug-likeness (QED) is 0.695. The minimum atomic E-state index is -4.29. The van der Waals surface area contributed by atoms with Gasteiger partial charge in [-0.1, -0.05) is 33.4 Å². The minimum Gasteiger partial charge on any atom is -0.366 e. The molecule has 2 rings (SSSR count). The molecule has 6 heteroatoms. The van der Waals surface area contributed by atoms with E-state index in [0.717, 1.165) is 22.2 Å². The van der Waals surface area contributed by atoms with Crippen LogP contribution in [0.1, 0.15) is 32.4 Å². The van der Waals surface area contributed by atoms with Crippen LogP contribution in [0.5, 0.6) is 0 Å². The van der Waals surface area contributed by atoms with Gasteiger partial charge in [-0.25, -0.2) is 4.98 Å². The smallest absolute Gasteiger partial charge is 0.366 e. The number of alkyl halides is 3. The molecule has 1 N–H and O–H groups in total. The Morgan fingerprint density at radius 1 is 1.05 bits per heavy atom. The van der Waals surface area contributed by atoms with Crippen molar-refractivity contribution >= 4 is 21.7 Å². The van der Waals surface area contributed by atoms with Crippen molar-refractivity contribution in [1.29, 1.82) is 0 Å². The van der Waals surface area contributed by atoms with Gasteiger partial charge in [-0.05, 0) is 45.8 Å². The number of nitrogens with one attached hydrogen (secondary N) is 1. The zero-order valence-electron chi connectivity index (χ0n) is 11.7. The van der Waals surface area contributed by atoms with Crippen LogP contribution in [-0.4, -0.2) is 4.98 Å². The molecule has 1 heterocycles. The van der Waals surface area contributed by atoms with Crippen molar-refractivity contribution in [2.75, 3.05) is 5.32 Å². The maximum Gasteiger partial charge on any atom is 0.416 e. The van der Waals surface area contributed by atoms with Crippen LogP contribution in [-0.2, 0) is 12.7 Å². The van der Waals surface area contributed by atoms with E-state index in [9.17, 15) is 13.2 Å². The topological polar surface area (TPSA) is 24.9 Å². The number of hydrogen-bond donors (Lipinski definition) is 1. The van der Waals surface area contributed by atoms with Gasteiger partial charge in [-0.2, -0.15) is 13.2 Å². The number of aromatic nitrogens is 1. The molecule has 122 valence electrons. The molecule has 0 aliphatic heterocycles. The fraction of sp³-hybridized carbons (Fsp3) is 0.312. The molecule has 0 amide bonds. The molecule has 0 saturated heterocycles. The third kappa shape index (κ3) is 6.47. The Morgan fingerprint density at radius 2 is 1.64 bits per heavy atom. The van der Waals surface area contributed by atoms with Gasteiger partial charge in [0.2, 0.25) is 0 Å². The summed E-state index contributed by atoms with van der Waals surface area (Å²) in [6.07, 6.45) is -2.64. The highest BCUT2D eigenvalue weighted by atomic mass is 79.9. The fourth-order valence-electron chi connectivity index (χ4n) is 1.48. The summed E-state index contributed by atoms with van der Waals surface area (Å²) in [7, 11) is 0. The minimum absolute atomic E-state index is 0. The standard InChI is InChI=1S/C13H10BrF3N2.C2H6.CH4/c14-11-5-6-12(19-8-11)18-7-9-1-3-10(4-2-9)13(15,16)17;1-2;/h1-6,8H,7H2,(H,18,19);1-2H3;1H4. The van der Waals surface area contributed by atoms with E-state index in [1.54, 1.807) is 12.3 Å². The summed E-state index contributed by atoms with van der Waals surface area (Å²) in [6.45, 7) is 4.42. The molecule has 0 unspecified atom stereocenters. The van der Waals surface area contributed by atoms with Gasteiger partial charge < -0.3 is 5.32 Å². The second kappa shape index (κ2) is 9.46. The predicted molar refractivity (Wildman–Crippen MR) is 88.8 cm³/mol. The summed E-state index contributed by atoms with van der Waals surface area (Å²) in [6, 6.07) is 8.68. The van der Waals surface area contributed by atoms with Crippen LogP contribution in [0, 0.1) is 0 Å². The first-order valence-corrected chi connectivity index (χ1v) is 7.26. The van der Waals surface area contributed by atoms with Gasteiger partial charge in [-0.15, -0.1) is 0 Å². The van der Waals surface area contributed by atoms with Gasteiger partial charge in [0.25, 0.3) is 0 Å². The summed E-state index contributed by atoms with van der Waals surface area (Å²) < 4.78 is 38.0. The van der Waals surface area contributed by atoms with Gasteiger partial charge in [0.1, 0.15) is 5.82 Å². The number of anilines is 1. The normalized spacial score (nSPS) is 10.1. The van der Waals surface area contributed by atoms with Crippen LogP contribution >= 0.6 is 15.9 Å². The van der Waals surface area contributed by atoms with Crippen molar-refractivity contribution in [3.8, 4) is 0 Å². The van der Waals surface area contributed by atoms with Crippen molar-refractivity contribution in [3.05, 3.63) is 58.2 Å². The lowest BCUT2D eigenvalue weighted by Crippen LogP contribution is -2.06. The molecule has 0 spiro atoms. The van der Waals surface area contributed by atoms with Gasteiger partial charge in [0.15, 0.2) is 0 Å². The van der Waals surface area contributed by atoms with E-state index in [2.05, 4.69) is 26.2 Å². The Morgan fingerprint density at radius 3 is 2.09 bits per heavy atom. The molecule has 2 nitrogen and oxygen atoms in total. The summed E-state index contributed by atoms with van der Waals surface area (Å²) >= 11 is 3.27. The van der Waals surface area contributed by atoms with Gasteiger partial charge in [-0.3, -0.25) is 0 Å². The highest BCUT2D eigenvalue weighted by molar-refractivity contribution is 9.10. The van der Waals surface area contributed by atoms with Crippen molar-refractivity contribution in [3.63, 3.8) is 0 Å². The third-order valence-corrected chi connectivity index (χ3v) is 2.95. The number of halogens is 4. The Kier molecular flexibility index (Phi) is 8.79. The molecule has 22 heavy (non-hydrogen) atoms. The summed E-state index contributed by atoms with van der Waals surface area (Å²) in [4.78, 5) is 4.11. The molecular formula is C16H20BrF3N2. The maximum atomic E-state index is 12.4. The highest BCUT2D eigenvalue weighted by Crippen LogP contribution is 2.29. The van der Waals surface area contributed by atoms with Gasteiger partial charge in [0.05, 0.1) is 5.56 Å². The zero-order valence-corrected chi connectivity index (χ0v) is 13.3. The zero-order chi connectivity index (χ0) is 15.9. The molecule has 0 fully saturated rings. The average molecular weight is 377 g/mol. The van der Waals surface area contributed by atoms with Crippen molar-refractivity contribution in [1.82, 2.24) is 4.98 Å². The molecule has 0 bridgehead atoms. The van der Waals surface area contributed by atoms with E-state index in [1.165, 1.54) is 12.1 Å². The van der Waals surface area contributed by atoms with Crippen LogP contribution in [0.3, 0.4) is 0 Å². The van der Waals surface area contributed by atoms with Crippen LogP contribution in [0.15, 0.2) is 47.1 Å². The van der Waals surface area contributed by atoms with Crippen LogP contribution < -0.4 is 5.32 Å². The number of nitrogens with zero attached hydrogens (tertiary/aromatic N) is 1. The Hall–Kier alpha value is -1.56. The van der Waals surface area contributed by atoms with Crippen LogP contribution in [0.2, 0.25) is 0 Å². The van der Waals surface area contributed by atoms with Gasteiger partial charge in [0, 0.05) is 17.2 Å². The third-order valence-electron chi connectivity index (χ3n) is 2.48. The first-order chi connectivity index (χ1) is 9.95. The monoisotopic (exact) mass is 376 g/mol. The Balaban J connectivity index is 0.00000141. The second-order valence-corrected chi connectivity index (χ2v) is 4.83. The summed E-state index contributed by atoms with van der Waals surface area (Å²) in [5.74, 6) is 0.670. The second-order valence-electron chi connectivity index (χ2n) is 3.91. The lowest BCUT2D eigenvalue weighted by Gasteiger charge is -2.08. The van der Waals surface area contributed by atoms with E-state index < -0.39 is 11.7 Å². The number of hydrogen-bond acceptors (Lipinski definition) is 2. The highest BCUT2D eigenvalue weighted by Gasteiger charge is 2.29. The van der Waals surface area contributed by atoms with Crippen LogP contribution in [0.25, 0.3) is 0 Å². The first kappa shape index (κ1) is 20.4. The fourth-order valence-corrected chi connectivity index (χ4v) is 1.72. The van der Waals surface area contributed by atoms with E-state index in [1.807, 2.05) is 19.9 Å². The summed E-state index contributed by atoms with van der Waals surface area (Å²) in [5.41, 5.74) is 0.121. The van der Waals surface area contributed by atoms with Crippen molar-refractivity contribution in [2.24, 2.45) is 0 Å². The molecule has 0 saturated carbocycles. The Bertz CT molecular complexity index is 537. The Labute approximate surface area is 137 Å². The van der Waals surface area contributed by atoms with E-state index in [-0.39, 0.29) is 7.43 Å². The lowest BCUT2D eigenvalue weighted by atomic mass is 10.1. The predicted octanol–water partition coefficient (Wildman–Crippen LogP) is 6.14. The molecule has 0 aliphatic rings. The number of rotatable bonds is 3. The van der Waals surface area contributed by atoms with E-state index in [0.29, 0.717) is 12.4 Å². The molecule has 1 aromatic heterocycles. The van der Waals surface area contributed by atoms with E-state index >= 15 is 0 Å².